The van der Waals surface area contributed by atoms with Crippen molar-refractivity contribution in [1.29, 1.82) is 0 Å². The smallest absolute Gasteiger partial charge is 0.337 e. The van der Waals surface area contributed by atoms with E-state index in [-0.39, 0.29) is 23.4 Å². The van der Waals surface area contributed by atoms with Gasteiger partial charge in [-0.15, -0.1) is 0 Å². The highest BCUT2D eigenvalue weighted by atomic mass is 16.4. The number of aromatic hydroxyl groups is 1. The number of carboxylic acids is 1. The molecule has 0 aliphatic carbocycles. The third-order valence-electron chi connectivity index (χ3n) is 2.62. The van der Waals surface area contributed by atoms with E-state index in [1.165, 1.54) is 12.1 Å². The van der Waals surface area contributed by atoms with Crippen molar-refractivity contribution in [2.24, 2.45) is 5.73 Å². The summed E-state index contributed by atoms with van der Waals surface area (Å²) in [5, 5.41) is 23.1. The van der Waals surface area contributed by atoms with E-state index in [2.05, 4.69) is 10.6 Å². The zero-order valence-electron chi connectivity index (χ0n) is 11.3. The largest absolute Gasteiger partial charge is 0.508 e. The molecule has 114 valence electrons. The maximum atomic E-state index is 11.6. The SMILES string of the molecule is NC(=O)CCCCNC(=O)Nc1ccc(O)cc1C(=O)O. The minimum absolute atomic E-state index is 0.0786. The Kier molecular flexibility index (Phi) is 5.99. The second-order valence-corrected chi connectivity index (χ2v) is 4.34. The van der Waals surface area contributed by atoms with E-state index in [1.807, 2.05) is 0 Å². The molecule has 0 aliphatic rings. The number of benzene rings is 1. The summed E-state index contributed by atoms with van der Waals surface area (Å²) >= 11 is 0. The average molecular weight is 295 g/mol. The monoisotopic (exact) mass is 295 g/mol. The summed E-state index contributed by atoms with van der Waals surface area (Å²) < 4.78 is 0. The van der Waals surface area contributed by atoms with Crippen LogP contribution in [0.25, 0.3) is 0 Å². The number of hydrogen-bond acceptors (Lipinski definition) is 4. The molecule has 1 aromatic rings. The maximum absolute atomic E-state index is 11.6. The topological polar surface area (TPSA) is 142 Å². The molecule has 0 saturated heterocycles. The minimum Gasteiger partial charge on any atom is -0.508 e. The third kappa shape index (κ3) is 5.81. The zero-order chi connectivity index (χ0) is 15.8. The number of carboxylic acid groups (broad SMARTS) is 1. The molecule has 0 saturated carbocycles. The number of aromatic carboxylic acids is 1. The first-order valence-electron chi connectivity index (χ1n) is 6.29. The lowest BCUT2D eigenvalue weighted by atomic mass is 10.1. The van der Waals surface area contributed by atoms with E-state index in [0.717, 1.165) is 6.07 Å². The number of urea groups is 1. The predicted octanol–water partition coefficient (Wildman–Crippen LogP) is 0.867. The first-order chi connectivity index (χ1) is 9.90. The highest BCUT2D eigenvalue weighted by molar-refractivity contribution is 6.00. The van der Waals surface area contributed by atoms with Gasteiger partial charge in [-0.05, 0) is 31.0 Å². The van der Waals surface area contributed by atoms with Crippen molar-refractivity contribution in [2.75, 3.05) is 11.9 Å². The van der Waals surface area contributed by atoms with Crippen molar-refractivity contribution >= 4 is 23.6 Å². The summed E-state index contributed by atoms with van der Waals surface area (Å²) in [5.41, 5.74) is 4.85. The Balaban J connectivity index is 2.48. The normalized spacial score (nSPS) is 9.90. The van der Waals surface area contributed by atoms with E-state index in [0.29, 0.717) is 19.4 Å². The first-order valence-corrected chi connectivity index (χ1v) is 6.29. The van der Waals surface area contributed by atoms with Crippen LogP contribution >= 0.6 is 0 Å². The number of rotatable bonds is 7. The van der Waals surface area contributed by atoms with E-state index >= 15 is 0 Å². The first kappa shape index (κ1) is 16.3. The Hall–Kier alpha value is -2.77. The van der Waals surface area contributed by atoms with Gasteiger partial charge < -0.3 is 26.6 Å². The molecule has 6 N–H and O–H groups in total. The van der Waals surface area contributed by atoms with Crippen molar-refractivity contribution < 1.29 is 24.6 Å². The van der Waals surface area contributed by atoms with Crippen molar-refractivity contribution in [3.63, 3.8) is 0 Å². The molecule has 8 nitrogen and oxygen atoms in total. The van der Waals surface area contributed by atoms with Crippen molar-refractivity contribution in [2.45, 2.75) is 19.3 Å². The summed E-state index contributed by atoms with van der Waals surface area (Å²) in [7, 11) is 0. The summed E-state index contributed by atoms with van der Waals surface area (Å²) in [4.78, 5) is 33.1. The van der Waals surface area contributed by atoms with Crippen LogP contribution in [-0.2, 0) is 4.79 Å². The Morgan fingerprint density at radius 2 is 1.90 bits per heavy atom. The van der Waals surface area contributed by atoms with Crippen molar-refractivity contribution in [3.8, 4) is 5.75 Å². The van der Waals surface area contributed by atoms with Crippen LogP contribution in [0.15, 0.2) is 18.2 Å². The molecule has 8 heteroatoms. The standard InChI is InChI=1S/C13H17N3O5/c14-11(18)3-1-2-6-15-13(21)16-10-5-4-8(17)7-9(10)12(19)20/h4-5,7,17H,1-3,6H2,(H2,14,18)(H,19,20)(H2,15,16,21). The van der Waals surface area contributed by atoms with E-state index in [4.69, 9.17) is 10.8 Å². The molecule has 0 aliphatic heterocycles. The summed E-state index contributed by atoms with van der Waals surface area (Å²) in [5.74, 6) is -1.86. The molecular formula is C13H17N3O5. The van der Waals surface area contributed by atoms with E-state index in [1.54, 1.807) is 0 Å². The average Bonchev–Trinajstić information content (AvgIpc) is 2.39. The van der Waals surface area contributed by atoms with E-state index < -0.39 is 17.9 Å². The number of anilines is 1. The molecule has 0 fully saturated rings. The second-order valence-electron chi connectivity index (χ2n) is 4.34. The van der Waals surface area contributed by atoms with Crippen LogP contribution < -0.4 is 16.4 Å². The van der Waals surface area contributed by atoms with Crippen molar-refractivity contribution in [1.82, 2.24) is 5.32 Å². The van der Waals surface area contributed by atoms with Gasteiger partial charge in [0.05, 0.1) is 11.3 Å². The summed E-state index contributed by atoms with van der Waals surface area (Å²) in [6, 6.07) is 3.05. The highest BCUT2D eigenvalue weighted by Gasteiger charge is 2.13. The Morgan fingerprint density at radius 3 is 2.52 bits per heavy atom. The molecule has 1 aromatic carbocycles. The number of primary amides is 1. The third-order valence-corrected chi connectivity index (χ3v) is 2.62. The van der Waals surface area contributed by atoms with Crippen LogP contribution in [0, 0.1) is 0 Å². The van der Waals surface area contributed by atoms with Crippen LogP contribution in [0.3, 0.4) is 0 Å². The van der Waals surface area contributed by atoms with Gasteiger partial charge in [-0.3, -0.25) is 4.79 Å². The van der Waals surface area contributed by atoms with Crippen LogP contribution in [0.1, 0.15) is 29.6 Å². The molecule has 0 atom stereocenters. The maximum Gasteiger partial charge on any atom is 0.337 e. The van der Waals surface area contributed by atoms with Gasteiger partial charge in [0.15, 0.2) is 0 Å². The molecule has 0 heterocycles. The molecule has 21 heavy (non-hydrogen) atoms. The van der Waals surface area contributed by atoms with Gasteiger partial charge >= 0.3 is 12.0 Å². The summed E-state index contributed by atoms with van der Waals surface area (Å²) in [6.45, 7) is 0.333. The number of carbonyl (C=O) groups excluding carboxylic acids is 2. The second kappa shape index (κ2) is 7.73. The minimum atomic E-state index is -1.26. The molecule has 0 spiro atoms. The zero-order valence-corrected chi connectivity index (χ0v) is 11.3. The van der Waals surface area contributed by atoms with Gasteiger partial charge in [0.1, 0.15) is 5.75 Å². The van der Waals surface area contributed by atoms with Crippen LogP contribution in [0.2, 0.25) is 0 Å². The highest BCUT2D eigenvalue weighted by Crippen LogP contribution is 2.21. The van der Waals surface area contributed by atoms with Gasteiger partial charge in [-0.25, -0.2) is 9.59 Å². The molecule has 3 amide bonds. The number of unbranched alkanes of at least 4 members (excludes halogenated alkanes) is 1. The number of nitrogens with two attached hydrogens (primary N) is 1. The Labute approximate surface area is 120 Å². The molecule has 0 bridgehead atoms. The van der Waals surface area contributed by atoms with Gasteiger partial charge in [-0.2, -0.15) is 0 Å². The number of phenolic OH excluding ortho intramolecular Hbond substituents is 1. The van der Waals surface area contributed by atoms with Gasteiger partial charge in [0.2, 0.25) is 5.91 Å². The van der Waals surface area contributed by atoms with Crippen LogP contribution in [0.4, 0.5) is 10.5 Å². The quantitative estimate of drug-likeness (QED) is 0.375. The number of nitrogens with one attached hydrogen (secondary N) is 2. The fourth-order valence-corrected chi connectivity index (χ4v) is 1.61. The Bertz CT molecular complexity index is 545. The summed E-state index contributed by atoms with van der Waals surface area (Å²) in [6.07, 6.45) is 1.40. The number of hydrogen-bond donors (Lipinski definition) is 5. The van der Waals surface area contributed by atoms with Crippen LogP contribution in [0.5, 0.6) is 5.75 Å². The molecule has 0 unspecified atom stereocenters. The lowest BCUT2D eigenvalue weighted by Crippen LogP contribution is -2.30. The molecular weight excluding hydrogens is 278 g/mol. The van der Waals surface area contributed by atoms with Crippen LogP contribution in [-0.4, -0.2) is 34.7 Å². The number of phenols is 1. The van der Waals surface area contributed by atoms with Gasteiger partial charge in [0.25, 0.3) is 0 Å². The molecule has 1 rings (SSSR count). The molecule has 0 radical (unpaired) electrons. The van der Waals surface area contributed by atoms with E-state index in [9.17, 15) is 19.5 Å². The fraction of sp³-hybridized carbons (Fsp3) is 0.308. The van der Waals surface area contributed by atoms with Gasteiger partial charge in [-0.1, -0.05) is 0 Å². The predicted molar refractivity (Wildman–Crippen MR) is 75.1 cm³/mol. The van der Waals surface area contributed by atoms with Crippen molar-refractivity contribution in [3.05, 3.63) is 23.8 Å². The molecule has 0 aromatic heterocycles. The number of amides is 3. The fourth-order valence-electron chi connectivity index (χ4n) is 1.61. The lowest BCUT2D eigenvalue weighted by Gasteiger charge is -2.10. The lowest BCUT2D eigenvalue weighted by molar-refractivity contribution is -0.118. The van der Waals surface area contributed by atoms with Gasteiger partial charge in [0, 0.05) is 13.0 Å². The Morgan fingerprint density at radius 1 is 1.19 bits per heavy atom. The number of carbonyl (C=O) groups is 3.